The third-order valence-electron chi connectivity index (χ3n) is 2.89. The van der Waals surface area contributed by atoms with E-state index in [4.69, 9.17) is 7.57 Å². The fraction of sp³-hybridized carbons (Fsp3) is 0.500. The van der Waals surface area contributed by atoms with E-state index in [0.717, 1.165) is 6.16 Å². The molecule has 2 heteroatoms. The van der Waals surface area contributed by atoms with Crippen LogP contribution in [-0.4, -0.2) is 19.4 Å². The molecule has 75 valence electrons. The van der Waals surface area contributed by atoms with Crippen molar-refractivity contribution in [3.63, 3.8) is 0 Å². The molecule has 0 aliphatic carbocycles. The second kappa shape index (κ2) is 4.07. The van der Waals surface area contributed by atoms with E-state index < -0.39 is 7.14 Å². The first-order valence-electron chi connectivity index (χ1n) is 5.01. The Labute approximate surface area is 89.8 Å². The molecule has 0 fully saturated rings. The van der Waals surface area contributed by atoms with Gasteiger partial charge in [0.05, 0.1) is 0 Å². The number of hydrogen-bond acceptors (Lipinski definition) is 0. The largest absolute Gasteiger partial charge is 0.306 e. The number of hydrogen-bond donors (Lipinski definition) is 0. The van der Waals surface area contributed by atoms with Crippen LogP contribution in [0, 0.1) is 0 Å². The van der Waals surface area contributed by atoms with Gasteiger partial charge in [0.2, 0.25) is 0 Å². The van der Waals surface area contributed by atoms with Crippen molar-refractivity contribution in [3.05, 3.63) is 35.9 Å². The summed E-state index contributed by atoms with van der Waals surface area (Å²) in [6, 6.07) is 10.5. The Kier molecular flexibility index (Phi) is 3.42. The van der Waals surface area contributed by atoms with Gasteiger partial charge in [0.1, 0.15) is 0 Å². The molecule has 1 rings (SSSR count). The van der Waals surface area contributed by atoms with Gasteiger partial charge in [-0.25, -0.2) is 7.14 Å². The average molecular weight is 205 g/mol. The van der Waals surface area contributed by atoms with E-state index in [1.807, 2.05) is 6.07 Å². The minimum atomic E-state index is -1.35. The first kappa shape index (κ1) is 11.8. The van der Waals surface area contributed by atoms with Crippen molar-refractivity contribution in [1.82, 2.24) is 0 Å². The molecule has 1 unspecified atom stereocenters. The molecule has 0 amide bonds. The van der Waals surface area contributed by atoms with Crippen molar-refractivity contribution in [1.29, 1.82) is 0 Å². The van der Waals surface area contributed by atoms with Gasteiger partial charge in [0.15, 0.2) is 0 Å². The normalized spacial score (nSPS) is 16.4. The van der Waals surface area contributed by atoms with Crippen LogP contribution >= 0.6 is 7.14 Å². The molecule has 0 aromatic heterocycles. The third kappa shape index (κ3) is 2.85. The van der Waals surface area contributed by atoms with Crippen LogP contribution in [0.25, 0.3) is 0 Å². The van der Waals surface area contributed by atoms with Crippen LogP contribution < -0.4 is 0 Å². The summed E-state index contributed by atoms with van der Waals surface area (Å²) in [5, 5.41) is 0.239. The Morgan fingerprint density at radius 2 is 1.64 bits per heavy atom. The van der Waals surface area contributed by atoms with Gasteiger partial charge in [-0.3, -0.25) is 0 Å². The summed E-state index contributed by atoms with van der Waals surface area (Å²) in [5.41, 5.74) is 1.36. The smallest absolute Gasteiger partial charge is 0.0368 e. The lowest BCUT2D eigenvalue weighted by molar-refractivity contribution is 0.778. The summed E-state index contributed by atoms with van der Waals surface area (Å²) in [5.74, 6) is 0. The Hall–Kier alpha value is -0.285. The molecule has 0 N–H and O–H groups in total. The van der Waals surface area contributed by atoms with Crippen molar-refractivity contribution < 1.29 is 0 Å². The maximum Gasteiger partial charge on any atom is 0.0368 e. The Morgan fingerprint density at radius 3 is 2.07 bits per heavy atom. The molecule has 0 aliphatic heterocycles. The van der Waals surface area contributed by atoms with Crippen LogP contribution in [-0.2, 0) is 6.16 Å². The minimum Gasteiger partial charge on any atom is -0.306 e. The highest BCUT2D eigenvalue weighted by molar-refractivity contribution is 7.97. The maximum atomic E-state index is 6.44. The summed E-state index contributed by atoms with van der Waals surface area (Å²) >= 11 is 0. The SMILES string of the molecule is [B-][P+](C)(Cc1ccccc1)C(C)(C)C. The first-order valence-corrected chi connectivity index (χ1v) is 7.50. The van der Waals surface area contributed by atoms with E-state index in [1.165, 1.54) is 5.56 Å². The molecular formula is C12H19BP. The molecular weight excluding hydrogens is 186 g/mol. The highest BCUT2D eigenvalue weighted by atomic mass is 31.2. The summed E-state index contributed by atoms with van der Waals surface area (Å²) < 4.78 is 0. The Balaban J connectivity index is 2.79. The van der Waals surface area contributed by atoms with Crippen molar-refractivity contribution >= 4 is 14.7 Å². The third-order valence-corrected chi connectivity index (χ3v) is 6.97. The molecule has 1 aromatic carbocycles. The van der Waals surface area contributed by atoms with Crippen LogP contribution in [0.15, 0.2) is 30.3 Å². The van der Waals surface area contributed by atoms with E-state index in [1.54, 1.807) is 0 Å². The predicted octanol–water partition coefficient (Wildman–Crippen LogP) is 3.72. The van der Waals surface area contributed by atoms with Gasteiger partial charge in [-0.2, -0.15) is 0 Å². The summed E-state index contributed by atoms with van der Waals surface area (Å²) in [7, 11) is 5.09. The van der Waals surface area contributed by atoms with E-state index in [9.17, 15) is 0 Å². The maximum absolute atomic E-state index is 6.44. The standard InChI is InChI=1S/C12H19BP/c1-12(2,3)14(4,13)10-11-8-6-5-7-9-11/h5-9H,10H2,1-4H3. The molecule has 0 heterocycles. The zero-order valence-electron chi connectivity index (χ0n) is 9.62. The van der Waals surface area contributed by atoms with E-state index in [2.05, 4.69) is 51.7 Å². The molecule has 3 radical (unpaired) electrons. The van der Waals surface area contributed by atoms with Crippen molar-refractivity contribution in [2.45, 2.75) is 32.1 Å². The first-order chi connectivity index (χ1) is 6.33. The summed E-state index contributed by atoms with van der Waals surface area (Å²) in [4.78, 5) is 0. The van der Waals surface area contributed by atoms with Crippen LogP contribution in [0.3, 0.4) is 0 Å². The highest BCUT2D eigenvalue weighted by Crippen LogP contribution is 2.63. The zero-order valence-corrected chi connectivity index (χ0v) is 10.5. The molecule has 0 saturated carbocycles. The Morgan fingerprint density at radius 1 is 1.14 bits per heavy atom. The molecule has 0 spiro atoms. The van der Waals surface area contributed by atoms with Crippen molar-refractivity contribution in [2.24, 2.45) is 0 Å². The lowest BCUT2D eigenvalue weighted by Crippen LogP contribution is -2.21. The summed E-state index contributed by atoms with van der Waals surface area (Å²) in [6.07, 6.45) is 1.04. The number of rotatable bonds is 2. The molecule has 0 bridgehead atoms. The lowest BCUT2D eigenvalue weighted by Gasteiger charge is -2.45. The van der Waals surface area contributed by atoms with Gasteiger partial charge in [0, 0.05) is 18.0 Å². The topological polar surface area (TPSA) is 0 Å². The minimum absolute atomic E-state index is 0.239. The van der Waals surface area contributed by atoms with E-state index in [0.29, 0.717) is 0 Å². The second-order valence-electron chi connectivity index (χ2n) is 5.08. The van der Waals surface area contributed by atoms with E-state index in [-0.39, 0.29) is 5.16 Å². The van der Waals surface area contributed by atoms with Crippen LogP contribution in [0.4, 0.5) is 0 Å². The molecule has 14 heavy (non-hydrogen) atoms. The molecule has 0 saturated heterocycles. The van der Waals surface area contributed by atoms with Crippen LogP contribution in [0.1, 0.15) is 26.3 Å². The zero-order chi connectivity index (χ0) is 10.8. The van der Waals surface area contributed by atoms with Gasteiger partial charge in [0.25, 0.3) is 0 Å². The molecule has 0 aliphatic rings. The summed E-state index contributed by atoms with van der Waals surface area (Å²) in [6.45, 7) is 8.96. The highest BCUT2D eigenvalue weighted by Gasteiger charge is 2.28. The van der Waals surface area contributed by atoms with Crippen LogP contribution in [0.2, 0.25) is 0 Å². The van der Waals surface area contributed by atoms with Gasteiger partial charge in [-0.15, -0.1) is 0 Å². The lowest BCUT2D eigenvalue weighted by atomic mass is 10.2. The predicted molar refractivity (Wildman–Crippen MR) is 68.5 cm³/mol. The van der Waals surface area contributed by atoms with E-state index >= 15 is 0 Å². The number of benzene rings is 1. The van der Waals surface area contributed by atoms with Crippen LogP contribution in [0.5, 0.6) is 0 Å². The van der Waals surface area contributed by atoms with Gasteiger partial charge in [-0.05, 0) is 26.3 Å². The van der Waals surface area contributed by atoms with Gasteiger partial charge >= 0.3 is 0 Å². The monoisotopic (exact) mass is 205 g/mol. The average Bonchev–Trinajstić information content (AvgIpc) is 2.03. The van der Waals surface area contributed by atoms with Gasteiger partial charge < -0.3 is 7.57 Å². The van der Waals surface area contributed by atoms with Crippen molar-refractivity contribution in [2.75, 3.05) is 6.66 Å². The molecule has 1 atom stereocenters. The molecule has 1 aromatic rings. The second-order valence-corrected chi connectivity index (χ2v) is 9.28. The van der Waals surface area contributed by atoms with Crippen molar-refractivity contribution in [3.8, 4) is 0 Å². The molecule has 0 nitrogen and oxygen atoms in total. The Bertz CT molecular complexity index is 285. The quantitative estimate of drug-likeness (QED) is 0.509. The fourth-order valence-corrected chi connectivity index (χ4v) is 2.64. The fourth-order valence-electron chi connectivity index (χ4n) is 1.20. The van der Waals surface area contributed by atoms with Gasteiger partial charge in [-0.1, -0.05) is 30.3 Å².